The Bertz CT molecular complexity index is 744. The number of hydrogen-bond donors (Lipinski definition) is 1. The minimum Gasteiger partial charge on any atom is -0.489 e. The van der Waals surface area contributed by atoms with Gasteiger partial charge in [0.15, 0.2) is 0 Å². The first-order valence-electron chi connectivity index (χ1n) is 7.62. The Labute approximate surface area is 138 Å². The maximum Gasteiger partial charge on any atom is 0.254 e. The lowest BCUT2D eigenvalue weighted by molar-refractivity contribution is 0.0726. The van der Waals surface area contributed by atoms with Crippen LogP contribution < -0.4 is 10.5 Å². The predicted molar refractivity (Wildman–Crippen MR) is 85.1 cm³/mol. The van der Waals surface area contributed by atoms with Crippen LogP contribution in [0.3, 0.4) is 0 Å². The van der Waals surface area contributed by atoms with E-state index in [1.165, 1.54) is 6.26 Å². The second-order valence-electron chi connectivity index (χ2n) is 5.59. The Morgan fingerprint density at radius 3 is 3.08 bits per heavy atom. The lowest BCUT2D eigenvalue weighted by Gasteiger charge is -2.28. The predicted octanol–water partition coefficient (Wildman–Crippen LogP) is 2.06. The smallest absolute Gasteiger partial charge is 0.254 e. The molecule has 1 aromatic carbocycles. The molecule has 6 nitrogen and oxygen atoms in total. The van der Waals surface area contributed by atoms with Gasteiger partial charge in [-0.1, -0.05) is 5.16 Å². The summed E-state index contributed by atoms with van der Waals surface area (Å²) < 4.78 is 22.8. The lowest BCUT2D eigenvalue weighted by Crippen LogP contribution is -2.36. The zero-order valence-electron chi connectivity index (χ0n) is 13.1. The zero-order chi connectivity index (χ0) is 16.9. The Balaban J connectivity index is 1.70. The van der Waals surface area contributed by atoms with Gasteiger partial charge in [-0.3, -0.25) is 4.79 Å². The molecule has 0 bridgehead atoms. The third-order valence-corrected chi connectivity index (χ3v) is 3.94. The molecule has 1 aliphatic rings. The molecule has 2 aromatic rings. The molecule has 0 atom stereocenters. The van der Waals surface area contributed by atoms with Crippen LogP contribution in [-0.2, 0) is 13.0 Å². The van der Waals surface area contributed by atoms with Crippen molar-refractivity contribution < 1.29 is 18.4 Å². The number of nitrogens with zero attached hydrogens (tertiary/aromatic N) is 2. The third-order valence-electron chi connectivity index (χ3n) is 3.94. The number of aromatic nitrogens is 1. The van der Waals surface area contributed by atoms with Crippen LogP contribution in [-0.4, -0.2) is 35.7 Å². The summed E-state index contributed by atoms with van der Waals surface area (Å²) in [5, 5.41) is 3.65. The summed E-state index contributed by atoms with van der Waals surface area (Å²) in [6, 6.07) is 5.29. The van der Waals surface area contributed by atoms with E-state index in [1.54, 1.807) is 23.2 Å². The van der Waals surface area contributed by atoms with Crippen LogP contribution in [0.15, 0.2) is 47.1 Å². The molecule has 7 heteroatoms. The molecule has 0 saturated carbocycles. The zero-order valence-corrected chi connectivity index (χ0v) is 13.1. The van der Waals surface area contributed by atoms with Gasteiger partial charge in [-0.2, -0.15) is 0 Å². The molecule has 0 unspecified atom stereocenters. The van der Waals surface area contributed by atoms with Gasteiger partial charge in [0.25, 0.3) is 5.91 Å². The van der Waals surface area contributed by atoms with Gasteiger partial charge >= 0.3 is 0 Å². The van der Waals surface area contributed by atoms with Gasteiger partial charge in [-0.05, 0) is 30.2 Å². The van der Waals surface area contributed by atoms with E-state index in [4.69, 9.17) is 15.0 Å². The highest BCUT2D eigenvalue weighted by Gasteiger charge is 2.25. The van der Waals surface area contributed by atoms with Crippen LogP contribution in [0.5, 0.6) is 5.75 Å². The fraction of sp³-hybridized carbons (Fsp3) is 0.294. The first-order valence-corrected chi connectivity index (χ1v) is 7.62. The number of hydrogen-bond acceptors (Lipinski definition) is 5. The van der Waals surface area contributed by atoms with Gasteiger partial charge < -0.3 is 19.9 Å². The summed E-state index contributed by atoms with van der Waals surface area (Å²) in [5.74, 6) is 0.567. The summed E-state index contributed by atoms with van der Waals surface area (Å²) >= 11 is 0. The van der Waals surface area contributed by atoms with E-state index in [2.05, 4.69) is 5.16 Å². The first kappa shape index (κ1) is 16.2. The monoisotopic (exact) mass is 331 g/mol. The number of carbonyl (C=O) groups is 1. The van der Waals surface area contributed by atoms with Crippen molar-refractivity contribution in [1.82, 2.24) is 10.1 Å². The lowest BCUT2D eigenvalue weighted by atomic mass is 9.98. The first-order chi connectivity index (χ1) is 11.7. The normalized spacial score (nSPS) is 14.7. The molecular weight excluding hydrogens is 313 g/mol. The largest absolute Gasteiger partial charge is 0.489 e. The van der Waals surface area contributed by atoms with Crippen LogP contribution in [0, 0.1) is 0 Å². The van der Waals surface area contributed by atoms with Crippen molar-refractivity contribution in [3.63, 3.8) is 0 Å². The van der Waals surface area contributed by atoms with Crippen LogP contribution in [0.2, 0.25) is 0 Å². The van der Waals surface area contributed by atoms with Crippen LogP contribution in [0.4, 0.5) is 4.39 Å². The quantitative estimate of drug-likeness (QED) is 0.876. The van der Waals surface area contributed by atoms with Gasteiger partial charge in [-0.25, -0.2) is 4.39 Å². The van der Waals surface area contributed by atoms with Gasteiger partial charge in [-0.15, -0.1) is 0 Å². The summed E-state index contributed by atoms with van der Waals surface area (Å²) in [7, 11) is 0. The second kappa shape index (κ2) is 7.27. The third kappa shape index (κ3) is 3.46. The maximum absolute atomic E-state index is 12.6. The van der Waals surface area contributed by atoms with Crippen LogP contribution >= 0.6 is 0 Å². The highest BCUT2D eigenvalue weighted by molar-refractivity contribution is 5.96. The molecule has 0 saturated heterocycles. The van der Waals surface area contributed by atoms with Crippen LogP contribution in [0.25, 0.3) is 0 Å². The molecule has 0 radical (unpaired) electrons. The number of fused-ring (bicyclic) bond motifs is 1. The Kier molecular flexibility index (Phi) is 4.90. The Morgan fingerprint density at radius 1 is 1.50 bits per heavy atom. The second-order valence-corrected chi connectivity index (χ2v) is 5.59. The molecule has 1 aliphatic heterocycles. The number of amides is 1. The average molecular weight is 331 g/mol. The summed E-state index contributed by atoms with van der Waals surface area (Å²) in [4.78, 5) is 14.3. The molecule has 0 aliphatic carbocycles. The van der Waals surface area contributed by atoms with E-state index >= 15 is 0 Å². The number of rotatable bonds is 6. The number of ether oxygens (including phenoxy) is 1. The van der Waals surface area contributed by atoms with Gasteiger partial charge in [0.2, 0.25) is 0 Å². The van der Waals surface area contributed by atoms with Crippen molar-refractivity contribution in [3.05, 3.63) is 59.3 Å². The van der Waals surface area contributed by atoms with E-state index < -0.39 is 0 Å². The molecule has 0 spiro atoms. The van der Waals surface area contributed by atoms with E-state index in [0.717, 1.165) is 17.5 Å². The fourth-order valence-electron chi connectivity index (χ4n) is 2.59. The number of nitrogens with two attached hydrogens (primary N) is 1. The van der Waals surface area contributed by atoms with Crippen molar-refractivity contribution in [2.45, 2.75) is 13.0 Å². The van der Waals surface area contributed by atoms with E-state index in [1.807, 2.05) is 6.07 Å². The molecule has 126 valence electrons. The molecule has 0 fully saturated rings. The number of carbonyl (C=O) groups excluding carboxylic acids is 1. The van der Waals surface area contributed by atoms with Gasteiger partial charge in [0.05, 0.1) is 19.1 Å². The van der Waals surface area contributed by atoms with Crippen LogP contribution in [0.1, 0.15) is 21.5 Å². The van der Waals surface area contributed by atoms with E-state index in [9.17, 15) is 9.18 Å². The summed E-state index contributed by atoms with van der Waals surface area (Å²) in [6.45, 7) is 1.29. The molecule has 2 N–H and O–H groups in total. The molecule has 1 amide bonds. The SMILES string of the molecule is NC/C(=C\F)COc1ccc2c(c1)CCN(Cc1cnoc1)C2=O. The Hall–Kier alpha value is -2.67. The molecular formula is C17H18FN3O3. The van der Waals surface area contributed by atoms with Crippen molar-refractivity contribution in [2.24, 2.45) is 5.73 Å². The van der Waals surface area contributed by atoms with E-state index in [-0.39, 0.29) is 19.1 Å². The van der Waals surface area contributed by atoms with Gasteiger partial charge in [0.1, 0.15) is 18.6 Å². The molecule has 2 heterocycles. The van der Waals surface area contributed by atoms with Crippen molar-refractivity contribution in [3.8, 4) is 5.75 Å². The average Bonchev–Trinajstić information content (AvgIpc) is 3.11. The minimum absolute atomic E-state index is 0.0321. The standard InChI is InChI=1S/C17H18FN3O3/c18-6-12(7-19)10-23-15-1-2-16-14(5-15)3-4-21(17(16)22)9-13-8-20-24-11-13/h1-2,5-6,8,11H,3-4,7,9-10,19H2/b12-6+. The molecule has 24 heavy (non-hydrogen) atoms. The van der Waals surface area contributed by atoms with Crippen molar-refractivity contribution in [1.29, 1.82) is 0 Å². The molecule has 1 aromatic heterocycles. The molecule has 3 rings (SSSR count). The fourth-order valence-corrected chi connectivity index (χ4v) is 2.59. The number of halogens is 1. The highest BCUT2D eigenvalue weighted by atomic mass is 19.1. The highest BCUT2D eigenvalue weighted by Crippen LogP contribution is 2.25. The maximum atomic E-state index is 12.6. The van der Waals surface area contributed by atoms with E-state index in [0.29, 0.717) is 36.3 Å². The summed E-state index contributed by atoms with van der Waals surface area (Å²) in [5.41, 5.74) is 8.22. The topological polar surface area (TPSA) is 81.6 Å². The minimum atomic E-state index is -0.0321. The summed E-state index contributed by atoms with van der Waals surface area (Å²) in [6.07, 6.45) is 4.33. The Morgan fingerprint density at radius 2 is 2.38 bits per heavy atom. The van der Waals surface area contributed by atoms with Crippen molar-refractivity contribution in [2.75, 3.05) is 19.7 Å². The van der Waals surface area contributed by atoms with Gasteiger partial charge in [0, 0.05) is 29.8 Å². The number of benzene rings is 1. The van der Waals surface area contributed by atoms with Crippen molar-refractivity contribution >= 4 is 5.91 Å².